The van der Waals surface area contributed by atoms with E-state index in [-0.39, 0.29) is 11.6 Å². The average Bonchev–Trinajstić information content (AvgIpc) is 2.49. The third-order valence-electron chi connectivity index (χ3n) is 3.16. The fourth-order valence-electron chi connectivity index (χ4n) is 2.16. The number of rotatable bonds is 3. The molecule has 0 amide bonds. The molecular formula is C17H13FN2O. The first kappa shape index (κ1) is 13.2. The lowest BCUT2D eigenvalue weighted by molar-refractivity contribution is 0.472. The van der Waals surface area contributed by atoms with Crippen LogP contribution in [0.5, 0.6) is 5.75 Å². The molecule has 0 atom stereocenters. The maximum absolute atomic E-state index is 13.7. The van der Waals surface area contributed by atoms with Gasteiger partial charge in [0.15, 0.2) is 0 Å². The molecule has 0 radical (unpaired) electrons. The van der Waals surface area contributed by atoms with Crippen LogP contribution in [0.25, 0.3) is 11.3 Å². The molecule has 2 aromatic heterocycles. The molecule has 0 aliphatic rings. The number of hydrogen-bond donors (Lipinski definition) is 1. The summed E-state index contributed by atoms with van der Waals surface area (Å²) in [5.41, 5.74) is 2.96. The fraction of sp³-hybridized carbons (Fsp3) is 0.0588. The molecule has 21 heavy (non-hydrogen) atoms. The molecule has 3 nitrogen and oxygen atoms in total. The molecule has 0 saturated heterocycles. The number of pyridine rings is 2. The molecule has 0 aliphatic carbocycles. The Morgan fingerprint density at radius 2 is 1.81 bits per heavy atom. The molecule has 0 bridgehead atoms. The summed E-state index contributed by atoms with van der Waals surface area (Å²) in [4.78, 5) is 8.24. The van der Waals surface area contributed by atoms with E-state index in [1.165, 1.54) is 12.3 Å². The molecule has 0 spiro atoms. The zero-order chi connectivity index (χ0) is 14.7. The highest BCUT2D eigenvalue weighted by molar-refractivity contribution is 5.59. The van der Waals surface area contributed by atoms with E-state index in [0.29, 0.717) is 17.7 Å². The number of benzene rings is 1. The van der Waals surface area contributed by atoms with Gasteiger partial charge in [0.1, 0.15) is 11.6 Å². The van der Waals surface area contributed by atoms with Gasteiger partial charge in [0.25, 0.3) is 0 Å². The van der Waals surface area contributed by atoms with Crippen LogP contribution in [0.1, 0.15) is 11.1 Å². The van der Waals surface area contributed by atoms with Gasteiger partial charge < -0.3 is 5.11 Å². The minimum atomic E-state index is -0.282. The molecule has 4 heteroatoms. The van der Waals surface area contributed by atoms with Crippen molar-refractivity contribution in [3.63, 3.8) is 0 Å². The lowest BCUT2D eigenvalue weighted by Gasteiger charge is -2.05. The van der Waals surface area contributed by atoms with E-state index in [4.69, 9.17) is 0 Å². The van der Waals surface area contributed by atoms with Crippen LogP contribution < -0.4 is 0 Å². The van der Waals surface area contributed by atoms with Crippen molar-refractivity contribution in [2.24, 2.45) is 0 Å². The van der Waals surface area contributed by atoms with E-state index in [9.17, 15) is 9.50 Å². The zero-order valence-electron chi connectivity index (χ0n) is 11.2. The second kappa shape index (κ2) is 5.71. The lowest BCUT2D eigenvalue weighted by atomic mass is 10.1. The van der Waals surface area contributed by atoms with Gasteiger partial charge in [-0.1, -0.05) is 18.2 Å². The smallest absolute Gasteiger partial charge is 0.134 e. The van der Waals surface area contributed by atoms with Crippen LogP contribution in [0.4, 0.5) is 4.39 Å². The van der Waals surface area contributed by atoms with Crippen LogP contribution >= 0.6 is 0 Å². The number of hydrogen-bond acceptors (Lipinski definition) is 3. The highest BCUT2D eigenvalue weighted by Gasteiger charge is 2.05. The van der Waals surface area contributed by atoms with Gasteiger partial charge in [-0.25, -0.2) is 4.39 Å². The van der Waals surface area contributed by atoms with Crippen molar-refractivity contribution >= 4 is 0 Å². The quantitative estimate of drug-likeness (QED) is 0.797. The summed E-state index contributed by atoms with van der Waals surface area (Å²) in [5.74, 6) is -0.140. The normalized spacial score (nSPS) is 10.5. The van der Waals surface area contributed by atoms with Gasteiger partial charge in [-0.3, -0.25) is 9.97 Å². The summed E-state index contributed by atoms with van der Waals surface area (Å²) in [6, 6.07) is 11.9. The first-order valence-corrected chi connectivity index (χ1v) is 6.55. The minimum Gasteiger partial charge on any atom is -0.506 e. The van der Waals surface area contributed by atoms with Crippen LogP contribution in [-0.2, 0) is 6.42 Å². The van der Waals surface area contributed by atoms with Crippen molar-refractivity contribution in [1.29, 1.82) is 0 Å². The molecule has 0 fully saturated rings. The fourth-order valence-corrected chi connectivity index (χ4v) is 2.16. The van der Waals surface area contributed by atoms with Crippen LogP contribution in [0.3, 0.4) is 0 Å². The van der Waals surface area contributed by atoms with E-state index < -0.39 is 0 Å². The Hall–Kier alpha value is -2.75. The molecule has 104 valence electrons. The molecule has 2 heterocycles. The molecule has 1 N–H and O–H groups in total. The van der Waals surface area contributed by atoms with Gasteiger partial charge in [-0.05, 0) is 35.4 Å². The van der Waals surface area contributed by atoms with E-state index in [2.05, 4.69) is 9.97 Å². The summed E-state index contributed by atoms with van der Waals surface area (Å²) in [7, 11) is 0. The highest BCUT2D eigenvalue weighted by Crippen LogP contribution is 2.21. The second-order valence-corrected chi connectivity index (χ2v) is 4.76. The molecule has 0 unspecified atom stereocenters. The SMILES string of the molecule is Oc1cncc(Cc2ccc(-c3ccccc3F)nc2)c1. The second-order valence-electron chi connectivity index (χ2n) is 4.76. The Balaban J connectivity index is 1.83. The summed E-state index contributed by atoms with van der Waals surface area (Å²) < 4.78 is 13.7. The van der Waals surface area contributed by atoms with Gasteiger partial charge in [-0.2, -0.15) is 0 Å². The molecule has 0 saturated carbocycles. The number of aromatic nitrogens is 2. The summed E-state index contributed by atoms with van der Waals surface area (Å²) in [5, 5.41) is 9.39. The highest BCUT2D eigenvalue weighted by atomic mass is 19.1. The van der Waals surface area contributed by atoms with Gasteiger partial charge in [0, 0.05) is 24.4 Å². The monoisotopic (exact) mass is 280 g/mol. The van der Waals surface area contributed by atoms with Crippen LogP contribution in [0, 0.1) is 5.82 Å². The first-order valence-electron chi connectivity index (χ1n) is 6.55. The number of aromatic hydroxyl groups is 1. The van der Waals surface area contributed by atoms with Crippen molar-refractivity contribution in [3.8, 4) is 17.0 Å². The lowest BCUT2D eigenvalue weighted by Crippen LogP contribution is -1.92. The first-order chi connectivity index (χ1) is 10.2. The van der Waals surface area contributed by atoms with Crippen molar-refractivity contribution in [2.75, 3.05) is 0 Å². The van der Waals surface area contributed by atoms with Gasteiger partial charge >= 0.3 is 0 Å². The predicted molar refractivity (Wildman–Crippen MR) is 78.3 cm³/mol. The standard InChI is InChI=1S/C17H13FN2O/c18-16-4-2-1-3-15(16)17-6-5-12(10-20-17)7-13-8-14(21)11-19-9-13/h1-6,8-11,21H,7H2. The summed E-state index contributed by atoms with van der Waals surface area (Å²) >= 11 is 0. The molecule has 3 aromatic rings. The van der Waals surface area contributed by atoms with Crippen molar-refractivity contribution in [2.45, 2.75) is 6.42 Å². The van der Waals surface area contributed by atoms with Crippen LogP contribution in [0.15, 0.2) is 61.1 Å². The maximum Gasteiger partial charge on any atom is 0.134 e. The van der Waals surface area contributed by atoms with Crippen LogP contribution in [-0.4, -0.2) is 15.1 Å². The largest absolute Gasteiger partial charge is 0.506 e. The Morgan fingerprint density at radius 3 is 2.52 bits per heavy atom. The Bertz CT molecular complexity index is 757. The summed E-state index contributed by atoms with van der Waals surface area (Å²) in [6.45, 7) is 0. The summed E-state index contributed by atoms with van der Waals surface area (Å²) in [6.07, 6.45) is 5.42. The van der Waals surface area contributed by atoms with E-state index in [1.54, 1.807) is 42.7 Å². The topological polar surface area (TPSA) is 46.0 Å². The zero-order valence-corrected chi connectivity index (χ0v) is 11.2. The molecule has 0 aliphatic heterocycles. The molecule has 3 rings (SSSR count). The van der Waals surface area contributed by atoms with Gasteiger partial charge in [0.05, 0.1) is 11.9 Å². The van der Waals surface area contributed by atoms with Crippen molar-refractivity contribution in [3.05, 3.63) is 78.0 Å². The molecule has 1 aromatic carbocycles. The Labute approximate surface area is 121 Å². The van der Waals surface area contributed by atoms with E-state index >= 15 is 0 Å². The average molecular weight is 280 g/mol. The van der Waals surface area contributed by atoms with Crippen molar-refractivity contribution in [1.82, 2.24) is 9.97 Å². The molecular weight excluding hydrogens is 267 g/mol. The van der Waals surface area contributed by atoms with Gasteiger partial charge in [0.2, 0.25) is 0 Å². The third-order valence-corrected chi connectivity index (χ3v) is 3.16. The maximum atomic E-state index is 13.7. The van der Waals surface area contributed by atoms with Crippen molar-refractivity contribution < 1.29 is 9.50 Å². The Kier molecular flexibility index (Phi) is 3.60. The Morgan fingerprint density at radius 1 is 0.952 bits per heavy atom. The van der Waals surface area contributed by atoms with Crippen LogP contribution in [0.2, 0.25) is 0 Å². The third kappa shape index (κ3) is 3.05. The number of nitrogens with zero attached hydrogens (tertiary/aromatic N) is 2. The predicted octanol–water partition coefficient (Wildman–Crippen LogP) is 3.58. The van der Waals surface area contributed by atoms with E-state index in [0.717, 1.165) is 11.1 Å². The number of halogens is 1. The minimum absolute atomic E-state index is 0.142. The van der Waals surface area contributed by atoms with Gasteiger partial charge in [-0.15, -0.1) is 0 Å². The van der Waals surface area contributed by atoms with E-state index in [1.807, 2.05) is 6.07 Å².